The maximum absolute atomic E-state index is 6.10. The minimum atomic E-state index is 0.650. The molecule has 0 aliphatic rings. The number of fused-ring (bicyclic) bond motifs is 1. The van der Waals surface area contributed by atoms with Crippen LogP contribution >= 0.6 is 11.6 Å². The van der Waals surface area contributed by atoms with Gasteiger partial charge in [-0.05, 0) is 36.4 Å². The van der Waals surface area contributed by atoms with E-state index in [4.69, 9.17) is 16.3 Å². The van der Waals surface area contributed by atoms with Crippen molar-refractivity contribution in [3.8, 4) is 17.0 Å². The summed E-state index contributed by atoms with van der Waals surface area (Å²) < 4.78 is 7.13. The van der Waals surface area contributed by atoms with Crippen molar-refractivity contribution in [3.05, 3.63) is 53.8 Å². The summed E-state index contributed by atoms with van der Waals surface area (Å²) in [4.78, 5) is 4.34. The second-order valence-electron chi connectivity index (χ2n) is 3.92. The molecule has 2 aromatic heterocycles. The van der Waals surface area contributed by atoms with Crippen LogP contribution in [0.15, 0.2) is 48.8 Å². The van der Waals surface area contributed by atoms with Crippen LogP contribution in [0.3, 0.4) is 0 Å². The van der Waals surface area contributed by atoms with Gasteiger partial charge in [-0.1, -0.05) is 11.6 Å². The number of imidazole rings is 1. The Bertz CT molecular complexity index is 689. The molecule has 0 amide bonds. The molecule has 0 spiro atoms. The Morgan fingerprint density at radius 3 is 2.67 bits per heavy atom. The second-order valence-corrected chi connectivity index (χ2v) is 4.33. The van der Waals surface area contributed by atoms with Crippen LogP contribution in [0.4, 0.5) is 0 Å². The highest BCUT2D eigenvalue weighted by atomic mass is 35.5. The molecule has 3 aromatic rings. The lowest BCUT2D eigenvalue weighted by molar-refractivity contribution is 0.415. The van der Waals surface area contributed by atoms with Gasteiger partial charge in [0.15, 0.2) is 5.65 Å². The third-order valence-electron chi connectivity index (χ3n) is 2.87. The van der Waals surface area contributed by atoms with Crippen LogP contribution in [-0.4, -0.2) is 16.5 Å². The monoisotopic (exact) mass is 258 g/mol. The summed E-state index contributed by atoms with van der Waals surface area (Å²) in [6, 6.07) is 11.6. The first-order valence-corrected chi connectivity index (χ1v) is 5.93. The van der Waals surface area contributed by atoms with Gasteiger partial charge in [-0.25, -0.2) is 4.98 Å². The molecule has 0 fully saturated rings. The highest BCUT2D eigenvalue weighted by molar-refractivity contribution is 6.33. The zero-order valence-corrected chi connectivity index (χ0v) is 10.6. The molecule has 2 heterocycles. The third kappa shape index (κ3) is 1.73. The van der Waals surface area contributed by atoms with Gasteiger partial charge in [0.05, 0.1) is 24.0 Å². The Kier molecular flexibility index (Phi) is 2.68. The van der Waals surface area contributed by atoms with Crippen molar-refractivity contribution >= 4 is 17.2 Å². The Morgan fingerprint density at radius 2 is 1.94 bits per heavy atom. The summed E-state index contributed by atoms with van der Waals surface area (Å²) in [6.07, 6.45) is 3.77. The molecule has 0 saturated heterocycles. The Balaban J connectivity index is 2.16. The molecule has 0 atom stereocenters. The van der Waals surface area contributed by atoms with Crippen molar-refractivity contribution in [1.82, 2.24) is 9.38 Å². The van der Waals surface area contributed by atoms with Crippen molar-refractivity contribution < 1.29 is 4.74 Å². The summed E-state index contributed by atoms with van der Waals surface area (Å²) in [6.45, 7) is 0. The van der Waals surface area contributed by atoms with E-state index in [-0.39, 0.29) is 0 Å². The number of halogens is 1. The predicted octanol–water partition coefficient (Wildman–Crippen LogP) is 3.66. The largest absolute Gasteiger partial charge is 0.497 e. The molecule has 3 rings (SSSR count). The van der Waals surface area contributed by atoms with Crippen LogP contribution in [0.1, 0.15) is 0 Å². The first-order chi connectivity index (χ1) is 8.79. The molecule has 18 heavy (non-hydrogen) atoms. The third-order valence-corrected chi connectivity index (χ3v) is 3.17. The number of nitrogens with zero attached hydrogens (tertiary/aromatic N) is 2. The molecule has 4 heteroatoms. The van der Waals surface area contributed by atoms with Crippen molar-refractivity contribution in [2.75, 3.05) is 7.11 Å². The number of hydrogen-bond acceptors (Lipinski definition) is 2. The fourth-order valence-electron chi connectivity index (χ4n) is 1.95. The molecule has 1 aromatic carbocycles. The summed E-state index contributed by atoms with van der Waals surface area (Å²) in [5.74, 6) is 0.839. The number of pyridine rings is 1. The second kappa shape index (κ2) is 4.35. The van der Waals surface area contributed by atoms with Gasteiger partial charge < -0.3 is 4.74 Å². The fraction of sp³-hybridized carbons (Fsp3) is 0.0714. The molecule has 0 bridgehead atoms. The number of hydrogen-bond donors (Lipinski definition) is 0. The number of aromatic nitrogens is 2. The van der Waals surface area contributed by atoms with E-state index in [2.05, 4.69) is 4.98 Å². The van der Waals surface area contributed by atoms with Crippen LogP contribution in [-0.2, 0) is 0 Å². The molecule has 0 aliphatic carbocycles. The normalized spacial score (nSPS) is 10.8. The van der Waals surface area contributed by atoms with E-state index in [0.717, 1.165) is 22.7 Å². The molecule has 0 N–H and O–H groups in total. The van der Waals surface area contributed by atoms with Gasteiger partial charge in [-0.15, -0.1) is 0 Å². The van der Waals surface area contributed by atoms with Crippen LogP contribution < -0.4 is 4.74 Å². The van der Waals surface area contributed by atoms with E-state index in [0.29, 0.717) is 5.02 Å². The molecule has 3 nitrogen and oxygen atoms in total. The van der Waals surface area contributed by atoms with Crippen molar-refractivity contribution in [3.63, 3.8) is 0 Å². The number of benzene rings is 1. The molecule has 90 valence electrons. The maximum atomic E-state index is 6.10. The molecule has 0 unspecified atom stereocenters. The lowest BCUT2D eigenvalue weighted by Crippen LogP contribution is -1.88. The quantitative estimate of drug-likeness (QED) is 0.701. The average molecular weight is 259 g/mol. The lowest BCUT2D eigenvalue weighted by Gasteiger charge is -2.04. The Morgan fingerprint density at radius 1 is 1.17 bits per heavy atom. The molecular formula is C14H11ClN2O. The molecule has 0 radical (unpaired) electrons. The first kappa shape index (κ1) is 11.1. The van der Waals surface area contributed by atoms with Gasteiger partial charge in [0, 0.05) is 11.8 Å². The number of methoxy groups -OCH3 is 1. The van der Waals surface area contributed by atoms with Gasteiger partial charge >= 0.3 is 0 Å². The van der Waals surface area contributed by atoms with Crippen LogP contribution in [0.5, 0.6) is 5.75 Å². The smallest absolute Gasteiger partial charge is 0.156 e. The minimum Gasteiger partial charge on any atom is -0.497 e. The molecule has 0 saturated carbocycles. The summed E-state index contributed by atoms with van der Waals surface area (Å²) in [5.41, 5.74) is 2.85. The predicted molar refractivity (Wildman–Crippen MR) is 72.2 cm³/mol. The zero-order chi connectivity index (χ0) is 12.5. The van der Waals surface area contributed by atoms with E-state index >= 15 is 0 Å². The van der Waals surface area contributed by atoms with Crippen molar-refractivity contribution in [2.24, 2.45) is 0 Å². The number of rotatable bonds is 2. The van der Waals surface area contributed by atoms with E-state index in [1.165, 1.54) is 0 Å². The van der Waals surface area contributed by atoms with Crippen LogP contribution in [0.25, 0.3) is 16.9 Å². The van der Waals surface area contributed by atoms with E-state index in [1.54, 1.807) is 7.11 Å². The van der Waals surface area contributed by atoms with Gasteiger partial charge in [0.25, 0.3) is 0 Å². The highest BCUT2D eigenvalue weighted by Gasteiger charge is 2.07. The van der Waals surface area contributed by atoms with Crippen molar-refractivity contribution in [1.29, 1.82) is 0 Å². The van der Waals surface area contributed by atoms with Crippen LogP contribution in [0, 0.1) is 0 Å². The molecule has 0 aliphatic heterocycles. The first-order valence-electron chi connectivity index (χ1n) is 5.55. The lowest BCUT2D eigenvalue weighted by atomic mass is 10.1. The fourth-order valence-corrected chi connectivity index (χ4v) is 2.16. The van der Waals surface area contributed by atoms with E-state index < -0.39 is 0 Å². The van der Waals surface area contributed by atoms with Crippen molar-refractivity contribution in [2.45, 2.75) is 0 Å². The SMILES string of the molecule is COc1ccc(-c2cnc3c(Cl)cccn23)cc1. The van der Waals surface area contributed by atoms with Gasteiger partial charge in [0.1, 0.15) is 5.75 Å². The average Bonchev–Trinajstić information content (AvgIpc) is 2.84. The van der Waals surface area contributed by atoms with Gasteiger partial charge in [-0.2, -0.15) is 0 Å². The Hall–Kier alpha value is -2.00. The van der Waals surface area contributed by atoms with Crippen LogP contribution in [0.2, 0.25) is 5.02 Å². The van der Waals surface area contributed by atoms with E-state index in [1.807, 2.05) is 53.2 Å². The van der Waals surface area contributed by atoms with E-state index in [9.17, 15) is 0 Å². The standard InChI is InChI=1S/C14H11ClN2O/c1-18-11-6-4-10(5-7-11)13-9-16-14-12(15)3-2-8-17(13)14/h2-9H,1H3. The maximum Gasteiger partial charge on any atom is 0.156 e. The Labute approximate surface area is 110 Å². The summed E-state index contributed by atoms with van der Waals surface area (Å²) in [5, 5.41) is 0.650. The topological polar surface area (TPSA) is 26.5 Å². The summed E-state index contributed by atoms with van der Waals surface area (Å²) in [7, 11) is 1.66. The number of ether oxygens (including phenoxy) is 1. The minimum absolute atomic E-state index is 0.650. The zero-order valence-electron chi connectivity index (χ0n) is 9.80. The molecular weight excluding hydrogens is 248 g/mol. The van der Waals surface area contributed by atoms with Gasteiger partial charge in [0.2, 0.25) is 0 Å². The summed E-state index contributed by atoms with van der Waals surface area (Å²) >= 11 is 6.10. The van der Waals surface area contributed by atoms with Gasteiger partial charge in [-0.3, -0.25) is 4.40 Å². The highest BCUT2D eigenvalue weighted by Crippen LogP contribution is 2.25.